The van der Waals surface area contributed by atoms with Crippen LogP contribution in [0.25, 0.3) is 11.3 Å². The second-order valence-electron chi connectivity index (χ2n) is 4.43. The summed E-state index contributed by atoms with van der Waals surface area (Å²) in [6.07, 6.45) is 1.65. The third-order valence-corrected chi connectivity index (χ3v) is 3.08. The first kappa shape index (κ1) is 13.1. The molecule has 0 saturated carbocycles. The quantitative estimate of drug-likeness (QED) is 0.886. The number of aromatic nitrogens is 2. The fourth-order valence-corrected chi connectivity index (χ4v) is 1.87. The van der Waals surface area contributed by atoms with Gasteiger partial charge in [-0.05, 0) is 37.6 Å². The van der Waals surface area contributed by atoms with Crippen LogP contribution in [0.3, 0.4) is 0 Å². The minimum Gasteiger partial charge on any atom is -0.496 e. The number of imidazole rings is 1. The van der Waals surface area contributed by atoms with Gasteiger partial charge in [0.15, 0.2) is 0 Å². The van der Waals surface area contributed by atoms with Crippen LogP contribution in [0.5, 0.6) is 5.75 Å². The van der Waals surface area contributed by atoms with Crippen molar-refractivity contribution in [3.63, 3.8) is 0 Å². The number of hydrogen-bond donors (Lipinski definition) is 2. The van der Waals surface area contributed by atoms with E-state index in [-0.39, 0.29) is 0 Å². The molecule has 0 aliphatic rings. The number of methoxy groups -OCH3 is 1. The lowest BCUT2D eigenvalue weighted by atomic mass is 10.1. The number of carboxylic acid groups (broad SMARTS) is 1. The van der Waals surface area contributed by atoms with Crippen LogP contribution < -0.4 is 4.74 Å². The van der Waals surface area contributed by atoms with Gasteiger partial charge in [0.1, 0.15) is 17.5 Å². The lowest BCUT2D eigenvalue weighted by Crippen LogP contribution is -2.08. The summed E-state index contributed by atoms with van der Waals surface area (Å²) >= 11 is 0. The van der Waals surface area contributed by atoms with Crippen molar-refractivity contribution < 1.29 is 14.6 Å². The van der Waals surface area contributed by atoms with Gasteiger partial charge in [-0.2, -0.15) is 0 Å². The maximum atomic E-state index is 10.9. The van der Waals surface area contributed by atoms with E-state index in [1.54, 1.807) is 20.2 Å². The topological polar surface area (TPSA) is 75.2 Å². The van der Waals surface area contributed by atoms with Gasteiger partial charge in [-0.1, -0.05) is 0 Å². The molecule has 0 spiro atoms. The number of benzene rings is 1. The first-order valence-corrected chi connectivity index (χ1v) is 5.95. The van der Waals surface area contributed by atoms with E-state index in [0.29, 0.717) is 5.82 Å². The molecule has 1 aromatic carbocycles. The standard InChI is InChI=1S/C14H16N2O3/c1-8-6-10(4-5-12(8)19-3)11-7-15-13(16-11)9(2)14(17)18/h4-7,9H,1-3H3,(H,15,16)(H,17,18). The minimum atomic E-state index is -0.896. The Morgan fingerprint density at radius 2 is 2.21 bits per heavy atom. The molecule has 0 saturated heterocycles. The lowest BCUT2D eigenvalue weighted by molar-refractivity contribution is -0.138. The van der Waals surface area contributed by atoms with Crippen LogP contribution in [0.2, 0.25) is 0 Å². The fraction of sp³-hybridized carbons (Fsp3) is 0.286. The molecule has 1 aromatic heterocycles. The number of aliphatic carboxylic acids is 1. The summed E-state index contributed by atoms with van der Waals surface area (Å²) in [4.78, 5) is 18.1. The van der Waals surface area contributed by atoms with Gasteiger partial charge >= 0.3 is 5.97 Å². The summed E-state index contributed by atoms with van der Waals surface area (Å²) in [5.74, 6) is -0.265. The predicted octanol–water partition coefficient (Wildman–Crippen LogP) is 2.58. The molecule has 0 amide bonds. The Balaban J connectivity index is 2.33. The van der Waals surface area contributed by atoms with Gasteiger partial charge in [-0.25, -0.2) is 4.98 Å². The molecule has 19 heavy (non-hydrogen) atoms. The average molecular weight is 260 g/mol. The molecule has 5 heteroatoms. The van der Waals surface area contributed by atoms with E-state index in [9.17, 15) is 4.79 Å². The van der Waals surface area contributed by atoms with Crippen LogP contribution in [0.4, 0.5) is 0 Å². The van der Waals surface area contributed by atoms with Crippen molar-refractivity contribution in [1.29, 1.82) is 0 Å². The van der Waals surface area contributed by atoms with Gasteiger partial charge < -0.3 is 14.8 Å². The maximum absolute atomic E-state index is 10.9. The Labute approximate surface area is 111 Å². The molecule has 1 atom stereocenters. The number of aromatic amines is 1. The van der Waals surface area contributed by atoms with Crippen molar-refractivity contribution in [3.05, 3.63) is 35.8 Å². The van der Waals surface area contributed by atoms with Gasteiger partial charge in [-0.3, -0.25) is 4.79 Å². The number of carboxylic acids is 1. The monoisotopic (exact) mass is 260 g/mol. The van der Waals surface area contributed by atoms with Crippen molar-refractivity contribution in [3.8, 4) is 17.0 Å². The first-order chi connectivity index (χ1) is 9.02. The molecule has 2 rings (SSSR count). The molecule has 0 radical (unpaired) electrons. The van der Waals surface area contributed by atoms with Gasteiger partial charge in [0.25, 0.3) is 0 Å². The smallest absolute Gasteiger partial charge is 0.313 e. The molecular weight excluding hydrogens is 244 g/mol. The van der Waals surface area contributed by atoms with Crippen LogP contribution in [-0.4, -0.2) is 28.2 Å². The van der Waals surface area contributed by atoms with E-state index < -0.39 is 11.9 Å². The van der Waals surface area contributed by atoms with E-state index in [1.165, 1.54) is 0 Å². The third kappa shape index (κ3) is 2.59. The number of carbonyl (C=O) groups is 1. The van der Waals surface area contributed by atoms with Crippen molar-refractivity contribution >= 4 is 5.97 Å². The Hall–Kier alpha value is -2.30. The van der Waals surface area contributed by atoms with Crippen molar-refractivity contribution in [2.24, 2.45) is 0 Å². The highest BCUT2D eigenvalue weighted by molar-refractivity contribution is 5.74. The molecule has 2 N–H and O–H groups in total. The normalized spacial score (nSPS) is 12.2. The zero-order valence-corrected chi connectivity index (χ0v) is 11.1. The lowest BCUT2D eigenvalue weighted by Gasteiger charge is -2.06. The van der Waals surface area contributed by atoms with Gasteiger partial charge in [0.05, 0.1) is 19.0 Å². The fourth-order valence-electron chi connectivity index (χ4n) is 1.87. The average Bonchev–Trinajstić information content (AvgIpc) is 2.87. The van der Waals surface area contributed by atoms with E-state index in [2.05, 4.69) is 9.97 Å². The van der Waals surface area contributed by atoms with Crippen LogP contribution in [0.15, 0.2) is 24.4 Å². The molecule has 2 aromatic rings. The molecule has 5 nitrogen and oxygen atoms in total. The van der Waals surface area contributed by atoms with Crippen LogP contribution in [-0.2, 0) is 4.79 Å². The number of nitrogens with one attached hydrogen (secondary N) is 1. The zero-order chi connectivity index (χ0) is 14.0. The molecule has 1 unspecified atom stereocenters. The molecule has 0 aliphatic heterocycles. The number of nitrogens with zero attached hydrogens (tertiary/aromatic N) is 1. The van der Waals surface area contributed by atoms with Gasteiger partial charge in [0, 0.05) is 5.56 Å². The van der Waals surface area contributed by atoms with Crippen LogP contribution in [0.1, 0.15) is 24.2 Å². The number of aryl methyl sites for hydroxylation is 1. The van der Waals surface area contributed by atoms with Crippen molar-refractivity contribution in [2.75, 3.05) is 7.11 Å². The van der Waals surface area contributed by atoms with Crippen LogP contribution >= 0.6 is 0 Å². The van der Waals surface area contributed by atoms with E-state index in [1.807, 2.05) is 25.1 Å². The predicted molar refractivity (Wildman–Crippen MR) is 71.4 cm³/mol. The van der Waals surface area contributed by atoms with Crippen molar-refractivity contribution in [1.82, 2.24) is 9.97 Å². The summed E-state index contributed by atoms with van der Waals surface area (Å²) in [6, 6.07) is 5.77. The second kappa shape index (κ2) is 5.14. The number of ether oxygens (including phenoxy) is 1. The number of rotatable bonds is 4. The van der Waals surface area contributed by atoms with Crippen LogP contribution in [0, 0.1) is 6.92 Å². The Bertz CT molecular complexity index is 604. The van der Waals surface area contributed by atoms with Crippen molar-refractivity contribution in [2.45, 2.75) is 19.8 Å². The van der Waals surface area contributed by atoms with E-state index >= 15 is 0 Å². The Morgan fingerprint density at radius 3 is 2.79 bits per heavy atom. The molecule has 1 heterocycles. The molecule has 100 valence electrons. The van der Waals surface area contributed by atoms with Gasteiger partial charge in [-0.15, -0.1) is 0 Å². The van der Waals surface area contributed by atoms with Gasteiger partial charge in [0.2, 0.25) is 0 Å². The highest BCUT2D eigenvalue weighted by Crippen LogP contribution is 2.25. The maximum Gasteiger partial charge on any atom is 0.313 e. The number of H-pyrrole nitrogens is 1. The summed E-state index contributed by atoms with van der Waals surface area (Å²) in [7, 11) is 1.63. The molecular formula is C14H16N2O3. The Kier molecular flexibility index (Phi) is 3.55. The first-order valence-electron chi connectivity index (χ1n) is 5.95. The highest BCUT2D eigenvalue weighted by atomic mass is 16.5. The SMILES string of the molecule is COc1ccc(-c2cnc(C(C)C(=O)O)[nH]2)cc1C. The van der Waals surface area contributed by atoms with E-state index in [0.717, 1.165) is 22.6 Å². The zero-order valence-electron chi connectivity index (χ0n) is 11.1. The minimum absolute atomic E-state index is 0.455. The summed E-state index contributed by atoms with van der Waals surface area (Å²) in [5, 5.41) is 8.95. The largest absolute Gasteiger partial charge is 0.496 e. The Morgan fingerprint density at radius 1 is 1.47 bits per heavy atom. The highest BCUT2D eigenvalue weighted by Gasteiger charge is 2.17. The summed E-state index contributed by atoms with van der Waals surface area (Å²) in [5.41, 5.74) is 2.77. The molecule has 0 aliphatic carbocycles. The van der Waals surface area contributed by atoms with E-state index in [4.69, 9.17) is 9.84 Å². The molecule has 0 bridgehead atoms. The summed E-state index contributed by atoms with van der Waals surface area (Å²) < 4.78 is 5.21. The second-order valence-corrected chi connectivity index (χ2v) is 4.43. The number of hydrogen-bond acceptors (Lipinski definition) is 3. The third-order valence-electron chi connectivity index (χ3n) is 3.08. The molecule has 0 fully saturated rings. The summed E-state index contributed by atoms with van der Waals surface area (Å²) in [6.45, 7) is 3.56.